The van der Waals surface area contributed by atoms with Crippen molar-refractivity contribution in [3.8, 4) is 17.0 Å². The molecule has 0 spiro atoms. The minimum Gasteiger partial charge on any atom is -0.494 e. The number of hydrogen-bond donors (Lipinski definition) is 1. The highest BCUT2D eigenvalue weighted by molar-refractivity contribution is 6.07. The Morgan fingerprint density at radius 1 is 1.12 bits per heavy atom. The van der Waals surface area contributed by atoms with Gasteiger partial charge in [-0.05, 0) is 100 Å². The van der Waals surface area contributed by atoms with Crippen molar-refractivity contribution in [3.05, 3.63) is 59.7 Å². The number of carbonyl (C=O) groups is 1. The smallest absolute Gasteiger partial charge is 0.252 e. The number of ether oxygens (including phenoxy) is 1. The molecule has 4 heteroatoms. The van der Waals surface area contributed by atoms with E-state index in [1.165, 1.54) is 25.7 Å². The molecule has 1 amide bonds. The number of fused-ring (bicyclic) bond motifs is 3. The molecule has 1 heterocycles. The average molecular weight is 429 g/mol. The first-order chi connectivity index (χ1) is 15.5. The molecule has 2 aliphatic carbocycles. The molecule has 2 bridgehead atoms. The minimum atomic E-state index is 0.00506. The van der Waals surface area contributed by atoms with Crippen LogP contribution in [0.15, 0.2) is 48.5 Å². The average Bonchev–Trinajstić information content (AvgIpc) is 3.43. The molecular weight excluding hydrogens is 396 g/mol. The fourth-order valence-corrected chi connectivity index (χ4v) is 5.86. The van der Waals surface area contributed by atoms with Crippen LogP contribution in [0.25, 0.3) is 22.2 Å². The van der Waals surface area contributed by atoms with E-state index in [1.807, 2.05) is 43.3 Å². The zero-order valence-corrected chi connectivity index (χ0v) is 19.2. The van der Waals surface area contributed by atoms with E-state index in [0.29, 0.717) is 18.1 Å². The largest absolute Gasteiger partial charge is 0.494 e. The second-order valence-corrected chi connectivity index (χ2v) is 9.63. The van der Waals surface area contributed by atoms with Gasteiger partial charge >= 0.3 is 0 Å². The number of rotatable bonds is 6. The van der Waals surface area contributed by atoms with Crippen molar-refractivity contribution in [2.75, 3.05) is 6.61 Å². The highest BCUT2D eigenvalue weighted by Gasteiger charge is 2.42. The number of benzene rings is 2. The van der Waals surface area contributed by atoms with Crippen LogP contribution in [-0.2, 0) is 0 Å². The van der Waals surface area contributed by atoms with Crippen LogP contribution in [0, 0.1) is 24.7 Å². The van der Waals surface area contributed by atoms with E-state index in [0.717, 1.165) is 45.3 Å². The topological polar surface area (TPSA) is 51.2 Å². The SMILES string of the molecule is CCOc1ccc(-c2cc(C(=O)N[C@H](C)[C@H]3C[C@@H]4CC[C@@H]3C4)c3cc(C)ccc3n2)cc1. The fraction of sp³-hybridized carbons (Fsp3) is 0.429. The number of aryl methyl sites for hydroxylation is 1. The Morgan fingerprint density at radius 3 is 2.62 bits per heavy atom. The lowest BCUT2D eigenvalue weighted by molar-refractivity contribution is 0.0917. The van der Waals surface area contributed by atoms with Crippen LogP contribution in [0.1, 0.15) is 55.5 Å². The number of aromatic nitrogens is 1. The summed E-state index contributed by atoms with van der Waals surface area (Å²) in [5.41, 5.74) is 4.47. The van der Waals surface area contributed by atoms with Crippen molar-refractivity contribution in [2.24, 2.45) is 17.8 Å². The summed E-state index contributed by atoms with van der Waals surface area (Å²) in [6.07, 6.45) is 5.32. The highest BCUT2D eigenvalue weighted by atomic mass is 16.5. The van der Waals surface area contributed by atoms with Crippen LogP contribution in [-0.4, -0.2) is 23.5 Å². The van der Waals surface area contributed by atoms with Gasteiger partial charge in [-0.2, -0.15) is 0 Å². The second-order valence-electron chi connectivity index (χ2n) is 9.63. The summed E-state index contributed by atoms with van der Waals surface area (Å²) in [5.74, 6) is 3.11. The monoisotopic (exact) mass is 428 g/mol. The molecule has 0 saturated heterocycles. The maximum Gasteiger partial charge on any atom is 0.252 e. The lowest BCUT2D eigenvalue weighted by atomic mass is 9.84. The molecule has 0 radical (unpaired) electrons. The molecule has 166 valence electrons. The number of amides is 1. The van der Waals surface area contributed by atoms with Crippen molar-refractivity contribution in [3.63, 3.8) is 0 Å². The number of nitrogens with one attached hydrogen (secondary N) is 1. The van der Waals surface area contributed by atoms with E-state index >= 15 is 0 Å². The number of carbonyl (C=O) groups excluding carboxylic acids is 1. The zero-order chi connectivity index (χ0) is 22.2. The van der Waals surface area contributed by atoms with Crippen molar-refractivity contribution < 1.29 is 9.53 Å². The molecule has 1 N–H and O–H groups in total. The van der Waals surface area contributed by atoms with Crippen LogP contribution < -0.4 is 10.1 Å². The summed E-state index contributed by atoms with van der Waals surface area (Å²) in [7, 11) is 0. The highest BCUT2D eigenvalue weighted by Crippen LogP contribution is 2.49. The van der Waals surface area contributed by atoms with Gasteiger partial charge in [0.05, 0.1) is 23.4 Å². The molecule has 0 aliphatic heterocycles. The Balaban J connectivity index is 1.47. The van der Waals surface area contributed by atoms with Crippen LogP contribution in [0.2, 0.25) is 0 Å². The van der Waals surface area contributed by atoms with Gasteiger partial charge in [0.2, 0.25) is 0 Å². The summed E-state index contributed by atoms with van der Waals surface area (Å²) < 4.78 is 5.57. The van der Waals surface area contributed by atoms with Gasteiger partial charge < -0.3 is 10.1 Å². The number of hydrogen-bond acceptors (Lipinski definition) is 3. The first-order valence-electron chi connectivity index (χ1n) is 12.0. The van der Waals surface area contributed by atoms with Crippen molar-refractivity contribution >= 4 is 16.8 Å². The molecule has 4 nitrogen and oxygen atoms in total. The van der Waals surface area contributed by atoms with E-state index in [4.69, 9.17) is 9.72 Å². The zero-order valence-electron chi connectivity index (χ0n) is 19.2. The first kappa shape index (κ1) is 21.0. The molecule has 5 rings (SSSR count). The Hall–Kier alpha value is -2.88. The van der Waals surface area contributed by atoms with E-state index in [9.17, 15) is 4.79 Å². The predicted octanol–water partition coefficient (Wildman–Crippen LogP) is 6.16. The van der Waals surface area contributed by atoms with Gasteiger partial charge in [0.1, 0.15) is 5.75 Å². The summed E-state index contributed by atoms with van der Waals surface area (Å²) in [4.78, 5) is 18.4. The molecule has 2 saturated carbocycles. The van der Waals surface area contributed by atoms with Gasteiger partial charge in [-0.25, -0.2) is 4.98 Å². The van der Waals surface area contributed by atoms with Crippen LogP contribution in [0.4, 0.5) is 0 Å². The van der Waals surface area contributed by atoms with Crippen molar-refractivity contribution in [2.45, 2.75) is 52.5 Å². The third-order valence-electron chi connectivity index (χ3n) is 7.46. The number of pyridine rings is 1. The van der Waals surface area contributed by atoms with E-state index < -0.39 is 0 Å². The Labute approximate surface area is 190 Å². The molecule has 2 aromatic carbocycles. The Morgan fingerprint density at radius 2 is 1.94 bits per heavy atom. The summed E-state index contributed by atoms with van der Waals surface area (Å²) in [5, 5.41) is 4.27. The quantitative estimate of drug-likeness (QED) is 0.511. The van der Waals surface area contributed by atoms with Gasteiger partial charge in [0, 0.05) is 17.0 Å². The van der Waals surface area contributed by atoms with Crippen LogP contribution in [0.3, 0.4) is 0 Å². The van der Waals surface area contributed by atoms with E-state index in [2.05, 4.69) is 31.3 Å². The number of nitrogens with zero attached hydrogens (tertiary/aromatic N) is 1. The molecule has 2 aliphatic rings. The molecular formula is C28H32N2O2. The maximum absolute atomic E-state index is 13.5. The van der Waals surface area contributed by atoms with Crippen LogP contribution in [0.5, 0.6) is 5.75 Å². The molecule has 3 aromatic rings. The van der Waals surface area contributed by atoms with E-state index in [1.54, 1.807) is 0 Å². The van der Waals surface area contributed by atoms with E-state index in [-0.39, 0.29) is 11.9 Å². The first-order valence-corrected chi connectivity index (χ1v) is 12.0. The van der Waals surface area contributed by atoms with Gasteiger partial charge in [0.25, 0.3) is 5.91 Å². The third-order valence-corrected chi connectivity index (χ3v) is 7.46. The van der Waals surface area contributed by atoms with Gasteiger partial charge in [-0.15, -0.1) is 0 Å². The van der Waals surface area contributed by atoms with Gasteiger partial charge in [-0.3, -0.25) is 4.79 Å². The third kappa shape index (κ3) is 3.99. The van der Waals surface area contributed by atoms with Crippen molar-refractivity contribution in [1.82, 2.24) is 10.3 Å². The summed E-state index contributed by atoms with van der Waals surface area (Å²) in [6.45, 7) is 6.85. The lowest BCUT2D eigenvalue weighted by Gasteiger charge is -2.28. The minimum absolute atomic E-state index is 0.00506. The van der Waals surface area contributed by atoms with Gasteiger partial charge in [-0.1, -0.05) is 18.1 Å². The molecule has 1 aromatic heterocycles. The fourth-order valence-electron chi connectivity index (χ4n) is 5.86. The summed E-state index contributed by atoms with van der Waals surface area (Å²) >= 11 is 0. The molecule has 4 atom stereocenters. The predicted molar refractivity (Wildman–Crippen MR) is 129 cm³/mol. The summed E-state index contributed by atoms with van der Waals surface area (Å²) in [6, 6.07) is 16.2. The maximum atomic E-state index is 13.5. The normalized spacial score (nSPS) is 22.8. The lowest BCUT2D eigenvalue weighted by Crippen LogP contribution is -2.40. The van der Waals surface area contributed by atoms with Crippen molar-refractivity contribution in [1.29, 1.82) is 0 Å². The Bertz CT molecular complexity index is 1140. The Kier molecular flexibility index (Phi) is 5.62. The molecule has 0 unspecified atom stereocenters. The standard InChI is InChI=1S/C28H32N2O2/c1-4-32-22-10-8-20(9-11-22)27-16-25(24-13-17(2)5-12-26(24)30-27)28(31)29-18(3)23-15-19-6-7-21(23)14-19/h5,8-13,16,18-19,21,23H,4,6-7,14-15H2,1-3H3,(H,29,31)/t18-,19-,21-,23-/m1/s1. The van der Waals surface area contributed by atoms with Crippen LogP contribution >= 0.6 is 0 Å². The molecule has 2 fully saturated rings. The van der Waals surface area contributed by atoms with Gasteiger partial charge in [0.15, 0.2) is 0 Å². The molecule has 32 heavy (non-hydrogen) atoms. The second kappa shape index (κ2) is 8.57.